The summed E-state index contributed by atoms with van der Waals surface area (Å²) in [6, 6.07) is 7.22. The first-order valence-corrected chi connectivity index (χ1v) is 7.71. The molecule has 0 bridgehead atoms. The Bertz CT molecular complexity index is 475. The average Bonchev–Trinajstić information content (AvgIpc) is 2.98. The van der Waals surface area contributed by atoms with E-state index in [2.05, 4.69) is 16.3 Å². The van der Waals surface area contributed by atoms with Gasteiger partial charge in [-0.3, -0.25) is 4.90 Å². The van der Waals surface area contributed by atoms with Crippen LogP contribution < -0.4 is 15.8 Å². The van der Waals surface area contributed by atoms with Crippen LogP contribution in [0.2, 0.25) is 0 Å². The monoisotopic (exact) mass is 275 g/mol. The van der Waals surface area contributed by atoms with E-state index in [-0.39, 0.29) is 6.10 Å². The summed E-state index contributed by atoms with van der Waals surface area (Å²) in [4.78, 5) is 2.60. The highest BCUT2D eigenvalue weighted by Crippen LogP contribution is 2.34. The lowest BCUT2D eigenvalue weighted by molar-refractivity contribution is 0.244. The Labute approximate surface area is 121 Å². The molecule has 4 nitrogen and oxygen atoms in total. The number of nitrogens with one attached hydrogen (secondary N) is 1. The minimum atomic E-state index is 0.143. The number of hydrogen-bond donors (Lipinski definition) is 2. The molecule has 0 radical (unpaired) electrons. The number of nitrogens with zero attached hydrogens (tertiary/aromatic N) is 1. The first-order chi connectivity index (χ1) is 9.65. The Balaban J connectivity index is 1.74. The number of para-hydroxylation sites is 1. The van der Waals surface area contributed by atoms with Crippen LogP contribution in [0.5, 0.6) is 5.75 Å². The molecular weight excluding hydrogens is 250 g/mol. The molecule has 20 heavy (non-hydrogen) atoms. The molecule has 0 amide bonds. The van der Waals surface area contributed by atoms with Crippen molar-refractivity contribution in [1.82, 2.24) is 4.90 Å². The fourth-order valence-corrected chi connectivity index (χ4v) is 3.48. The van der Waals surface area contributed by atoms with Gasteiger partial charge in [-0.2, -0.15) is 0 Å². The van der Waals surface area contributed by atoms with Gasteiger partial charge in [0.15, 0.2) is 0 Å². The summed E-state index contributed by atoms with van der Waals surface area (Å²) < 4.78 is 5.76. The molecule has 2 aliphatic heterocycles. The summed E-state index contributed by atoms with van der Waals surface area (Å²) in [6.07, 6.45) is 3.98. The molecular formula is C16H25N3O. The van der Waals surface area contributed by atoms with Gasteiger partial charge in [0.05, 0.1) is 17.5 Å². The fraction of sp³-hybridized carbons (Fsp3) is 0.625. The van der Waals surface area contributed by atoms with E-state index in [0.29, 0.717) is 12.1 Å². The number of fused-ring (bicyclic) bond motifs is 1. The fourth-order valence-electron chi connectivity index (χ4n) is 3.48. The summed E-state index contributed by atoms with van der Waals surface area (Å²) in [7, 11) is 0. The van der Waals surface area contributed by atoms with Crippen LogP contribution in [0.15, 0.2) is 18.2 Å². The van der Waals surface area contributed by atoms with Crippen LogP contribution in [-0.2, 0) is 0 Å². The van der Waals surface area contributed by atoms with Gasteiger partial charge in [-0.25, -0.2) is 0 Å². The molecule has 0 saturated carbocycles. The normalized spacial score (nSPS) is 25.9. The van der Waals surface area contributed by atoms with E-state index in [1.807, 2.05) is 26.0 Å². The highest BCUT2D eigenvalue weighted by Gasteiger charge is 2.37. The van der Waals surface area contributed by atoms with Crippen LogP contribution in [0.1, 0.15) is 33.1 Å². The Morgan fingerprint density at radius 1 is 1.30 bits per heavy atom. The molecule has 2 unspecified atom stereocenters. The van der Waals surface area contributed by atoms with Gasteiger partial charge in [-0.1, -0.05) is 6.07 Å². The molecule has 4 heteroatoms. The van der Waals surface area contributed by atoms with Crippen LogP contribution in [0, 0.1) is 0 Å². The molecule has 3 N–H and O–H groups in total. The summed E-state index contributed by atoms with van der Waals surface area (Å²) in [5.74, 6) is 0.784. The standard InChI is InChI=1S/C16H25N3O/c1-11(2)20-15-7-3-5-13(16(15)17)18-12-8-10-19-9-4-6-14(12)19/h3,5,7,11-12,14,18H,4,6,8-10,17H2,1-2H3. The van der Waals surface area contributed by atoms with Crippen LogP contribution >= 0.6 is 0 Å². The van der Waals surface area contributed by atoms with E-state index < -0.39 is 0 Å². The number of nitrogens with two attached hydrogens (primary N) is 1. The number of benzene rings is 1. The number of nitrogen functional groups attached to an aromatic ring is 1. The maximum Gasteiger partial charge on any atom is 0.144 e. The summed E-state index contributed by atoms with van der Waals surface area (Å²) in [5, 5.41) is 3.65. The molecule has 1 aromatic rings. The number of ether oxygens (including phenoxy) is 1. The second kappa shape index (κ2) is 5.52. The van der Waals surface area contributed by atoms with Crippen LogP contribution in [0.4, 0.5) is 11.4 Å². The minimum absolute atomic E-state index is 0.143. The van der Waals surface area contributed by atoms with Crippen molar-refractivity contribution in [2.75, 3.05) is 24.1 Å². The van der Waals surface area contributed by atoms with Crippen molar-refractivity contribution >= 4 is 11.4 Å². The van der Waals surface area contributed by atoms with E-state index >= 15 is 0 Å². The summed E-state index contributed by atoms with van der Waals surface area (Å²) >= 11 is 0. The van der Waals surface area contributed by atoms with Gasteiger partial charge in [-0.05, 0) is 51.8 Å². The summed E-state index contributed by atoms with van der Waals surface area (Å²) in [6.45, 7) is 6.51. The Morgan fingerprint density at radius 3 is 2.95 bits per heavy atom. The van der Waals surface area contributed by atoms with Crippen LogP contribution in [0.3, 0.4) is 0 Å². The first kappa shape index (κ1) is 13.6. The third kappa shape index (κ3) is 2.57. The van der Waals surface area contributed by atoms with E-state index in [9.17, 15) is 0 Å². The van der Waals surface area contributed by atoms with Gasteiger partial charge in [0.25, 0.3) is 0 Å². The Hall–Kier alpha value is -1.42. The highest BCUT2D eigenvalue weighted by molar-refractivity contribution is 5.73. The molecule has 1 aromatic carbocycles. The lowest BCUT2D eigenvalue weighted by atomic mass is 10.1. The SMILES string of the molecule is CC(C)Oc1cccc(NC2CCN3CCCC23)c1N. The molecule has 0 spiro atoms. The Morgan fingerprint density at radius 2 is 2.15 bits per heavy atom. The number of hydrogen-bond acceptors (Lipinski definition) is 4. The van der Waals surface area contributed by atoms with Crippen LogP contribution in [-0.4, -0.2) is 36.2 Å². The Kier molecular flexibility index (Phi) is 3.74. The van der Waals surface area contributed by atoms with E-state index in [0.717, 1.165) is 17.1 Å². The van der Waals surface area contributed by atoms with Crippen molar-refractivity contribution in [2.24, 2.45) is 0 Å². The third-order valence-corrected chi connectivity index (χ3v) is 4.38. The summed E-state index contributed by atoms with van der Waals surface area (Å²) in [5.41, 5.74) is 8.00. The van der Waals surface area contributed by atoms with Gasteiger partial charge in [0, 0.05) is 18.6 Å². The van der Waals surface area contributed by atoms with Gasteiger partial charge in [0.1, 0.15) is 5.75 Å². The molecule has 2 heterocycles. The topological polar surface area (TPSA) is 50.5 Å². The zero-order valence-electron chi connectivity index (χ0n) is 12.4. The molecule has 2 aliphatic rings. The highest BCUT2D eigenvalue weighted by atomic mass is 16.5. The second-order valence-corrected chi connectivity index (χ2v) is 6.17. The van der Waals surface area contributed by atoms with Crippen molar-refractivity contribution < 1.29 is 4.74 Å². The molecule has 0 aliphatic carbocycles. The van der Waals surface area contributed by atoms with E-state index in [4.69, 9.17) is 10.5 Å². The average molecular weight is 275 g/mol. The predicted molar refractivity (Wildman–Crippen MR) is 83.2 cm³/mol. The zero-order chi connectivity index (χ0) is 14.1. The quantitative estimate of drug-likeness (QED) is 0.830. The second-order valence-electron chi connectivity index (χ2n) is 6.17. The van der Waals surface area contributed by atoms with Gasteiger partial charge < -0.3 is 15.8 Å². The van der Waals surface area contributed by atoms with Gasteiger partial charge in [-0.15, -0.1) is 0 Å². The largest absolute Gasteiger partial charge is 0.489 e. The molecule has 110 valence electrons. The van der Waals surface area contributed by atoms with Crippen molar-refractivity contribution in [3.05, 3.63) is 18.2 Å². The number of rotatable bonds is 4. The van der Waals surface area contributed by atoms with Crippen molar-refractivity contribution in [1.29, 1.82) is 0 Å². The zero-order valence-corrected chi connectivity index (χ0v) is 12.4. The minimum Gasteiger partial charge on any atom is -0.489 e. The lowest BCUT2D eigenvalue weighted by Crippen LogP contribution is -2.33. The maximum atomic E-state index is 6.25. The molecule has 2 atom stereocenters. The molecule has 2 fully saturated rings. The van der Waals surface area contributed by atoms with Gasteiger partial charge in [0.2, 0.25) is 0 Å². The molecule has 3 rings (SSSR count). The first-order valence-electron chi connectivity index (χ1n) is 7.71. The maximum absolute atomic E-state index is 6.25. The third-order valence-electron chi connectivity index (χ3n) is 4.38. The lowest BCUT2D eigenvalue weighted by Gasteiger charge is -2.24. The van der Waals surface area contributed by atoms with E-state index in [1.165, 1.54) is 32.4 Å². The van der Waals surface area contributed by atoms with Crippen LogP contribution in [0.25, 0.3) is 0 Å². The van der Waals surface area contributed by atoms with Crippen molar-refractivity contribution in [3.8, 4) is 5.75 Å². The van der Waals surface area contributed by atoms with Crippen molar-refractivity contribution in [2.45, 2.75) is 51.3 Å². The predicted octanol–water partition coefficient (Wildman–Crippen LogP) is 2.70. The molecule has 0 aromatic heterocycles. The van der Waals surface area contributed by atoms with Gasteiger partial charge >= 0.3 is 0 Å². The smallest absolute Gasteiger partial charge is 0.144 e. The van der Waals surface area contributed by atoms with Crippen molar-refractivity contribution in [3.63, 3.8) is 0 Å². The van der Waals surface area contributed by atoms with E-state index in [1.54, 1.807) is 0 Å². The number of anilines is 2. The molecule has 2 saturated heterocycles.